The highest BCUT2D eigenvalue weighted by Gasteiger charge is 2.88. The molecule has 0 spiro atoms. The molecule has 0 unspecified atom stereocenters. The van der Waals surface area contributed by atoms with Crippen LogP contribution in [0.2, 0.25) is 0 Å². The molecule has 0 amide bonds. The van der Waals surface area contributed by atoms with E-state index in [1.807, 2.05) is 0 Å². The zero-order valence-electron chi connectivity index (χ0n) is 12.3. The highest BCUT2D eigenvalue weighted by Crippen LogP contribution is 2.91. The zero-order chi connectivity index (χ0) is 12.9. The van der Waals surface area contributed by atoms with Crippen LogP contribution in [0.4, 0.5) is 0 Å². The lowest BCUT2D eigenvalue weighted by molar-refractivity contribution is -0.126. The normalized spacial score (nSPS) is 87.5. The van der Waals surface area contributed by atoms with Crippen LogP contribution in [0.25, 0.3) is 0 Å². The molecule has 9 saturated carbocycles. The Bertz CT molecular complexity index is 658. The first-order chi connectivity index (χ1) is 10.4. The summed E-state index contributed by atoms with van der Waals surface area (Å²) in [6, 6.07) is 0. The van der Waals surface area contributed by atoms with Crippen molar-refractivity contribution >= 4 is 5.78 Å². The van der Waals surface area contributed by atoms with Crippen LogP contribution in [0.1, 0.15) is 19.3 Å². The van der Waals surface area contributed by atoms with Crippen molar-refractivity contribution in [2.75, 3.05) is 0 Å². The summed E-state index contributed by atoms with van der Waals surface area (Å²) in [5.74, 6) is 16.8. The van der Waals surface area contributed by atoms with E-state index in [0.717, 1.165) is 82.7 Å². The van der Waals surface area contributed by atoms with E-state index in [9.17, 15) is 4.79 Å². The molecular weight excluding hydrogens is 256 g/mol. The molecule has 0 N–H and O–H groups in total. The molecule has 0 bridgehead atoms. The monoisotopic (exact) mass is 278 g/mol. The molecular formula is C20H22O. The van der Waals surface area contributed by atoms with Crippen molar-refractivity contribution in [3.8, 4) is 0 Å². The van der Waals surface area contributed by atoms with Crippen molar-refractivity contribution in [2.24, 2.45) is 94.7 Å². The standard InChI is InChI=1S/C20H22O/c21-20-7-3-6-9-4-1-2-5-8(4)13-14(9)16-11(6)12(7)17-18(16)15(13)10(5)19(17)20/h4-19H,1-3H2/t4-,5-,6-,7-,8-,9+,10+,11+,12-,13-,14-,15-,16+,17+,18-,19+/m1/s1. The summed E-state index contributed by atoms with van der Waals surface area (Å²) in [6.45, 7) is 0. The molecule has 9 aliphatic carbocycles. The number of hydrogen-bond donors (Lipinski definition) is 0. The average Bonchev–Trinajstić information content (AvgIpc) is 3.17. The lowest BCUT2D eigenvalue weighted by atomic mass is 9.73. The number of carbonyl (C=O) groups is 1. The molecule has 0 saturated heterocycles. The van der Waals surface area contributed by atoms with Crippen LogP contribution in [-0.2, 0) is 4.79 Å². The minimum atomic E-state index is 0.569. The van der Waals surface area contributed by atoms with Crippen LogP contribution in [0.15, 0.2) is 0 Å². The van der Waals surface area contributed by atoms with Gasteiger partial charge in [-0.3, -0.25) is 4.79 Å². The predicted octanol–water partition coefficient (Wildman–Crippen LogP) is 2.71. The average molecular weight is 278 g/mol. The summed E-state index contributed by atoms with van der Waals surface area (Å²) >= 11 is 0. The number of Topliss-reactive ketones (excluding diaryl/α,β-unsaturated/α-hetero) is 1. The predicted molar refractivity (Wildman–Crippen MR) is 74.7 cm³/mol. The van der Waals surface area contributed by atoms with Gasteiger partial charge in [0, 0.05) is 11.8 Å². The van der Waals surface area contributed by atoms with Gasteiger partial charge >= 0.3 is 0 Å². The summed E-state index contributed by atoms with van der Waals surface area (Å²) in [5.41, 5.74) is 0. The van der Waals surface area contributed by atoms with E-state index in [-0.39, 0.29) is 0 Å². The third-order valence-corrected chi connectivity index (χ3v) is 11.6. The summed E-state index contributed by atoms with van der Waals surface area (Å²) in [7, 11) is 0. The van der Waals surface area contributed by atoms with Crippen molar-refractivity contribution < 1.29 is 4.79 Å². The van der Waals surface area contributed by atoms with Gasteiger partial charge in [0.2, 0.25) is 0 Å². The molecule has 0 aromatic heterocycles. The van der Waals surface area contributed by atoms with E-state index in [1.165, 1.54) is 18.8 Å². The molecule has 0 aromatic carbocycles. The molecule has 16 atom stereocenters. The van der Waals surface area contributed by atoms with Crippen molar-refractivity contribution in [3.05, 3.63) is 0 Å². The second-order valence-corrected chi connectivity index (χ2v) is 10.7. The fraction of sp³-hybridized carbons (Fsp3) is 0.950. The van der Waals surface area contributed by atoms with E-state index < -0.39 is 0 Å². The maximum Gasteiger partial charge on any atom is 0.139 e. The quantitative estimate of drug-likeness (QED) is 0.666. The molecule has 0 heterocycles. The fourth-order valence-electron chi connectivity index (χ4n) is 12.7. The zero-order valence-corrected chi connectivity index (χ0v) is 12.3. The van der Waals surface area contributed by atoms with Gasteiger partial charge in [-0.25, -0.2) is 0 Å². The highest BCUT2D eigenvalue weighted by atomic mass is 16.1. The van der Waals surface area contributed by atoms with Crippen LogP contribution in [0.3, 0.4) is 0 Å². The second kappa shape index (κ2) is 2.38. The Kier molecular flexibility index (Phi) is 1.10. The van der Waals surface area contributed by atoms with Gasteiger partial charge in [0.25, 0.3) is 0 Å². The van der Waals surface area contributed by atoms with Gasteiger partial charge in [0.1, 0.15) is 5.78 Å². The lowest BCUT2D eigenvalue weighted by Gasteiger charge is -2.31. The highest BCUT2D eigenvalue weighted by molar-refractivity contribution is 5.88. The Labute approximate surface area is 125 Å². The van der Waals surface area contributed by atoms with Gasteiger partial charge in [0.05, 0.1) is 0 Å². The topological polar surface area (TPSA) is 17.1 Å². The summed E-state index contributed by atoms with van der Waals surface area (Å²) in [5, 5.41) is 0. The van der Waals surface area contributed by atoms with E-state index in [2.05, 4.69) is 0 Å². The van der Waals surface area contributed by atoms with Gasteiger partial charge < -0.3 is 0 Å². The molecule has 9 fully saturated rings. The number of carbonyl (C=O) groups excluding carboxylic acids is 1. The molecule has 108 valence electrons. The third kappa shape index (κ3) is 0.606. The number of ketones is 1. The van der Waals surface area contributed by atoms with Crippen LogP contribution >= 0.6 is 0 Å². The summed E-state index contributed by atoms with van der Waals surface area (Å²) < 4.78 is 0. The molecule has 21 heavy (non-hydrogen) atoms. The summed E-state index contributed by atoms with van der Waals surface area (Å²) in [6.07, 6.45) is 4.46. The number of rotatable bonds is 0. The summed E-state index contributed by atoms with van der Waals surface area (Å²) in [4.78, 5) is 13.3. The smallest absolute Gasteiger partial charge is 0.139 e. The Hall–Kier alpha value is -0.330. The largest absolute Gasteiger partial charge is 0.299 e. The van der Waals surface area contributed by atoms with Crippen molar-refractivity contribution in [2.45, 2.75) is 19.3 Å². The van der Waals surface area contributed by atoms with Gasteiger partial charge in [-0.1, -0.05) is 0 Å². The minimum Gasteiger partial charge on any atom is -0.299 e. The van der Waals surface area contributed by atoms with Crippen LogP contribution in [0.5, 0.6) is 0 Å². The van der Waals surface area contributed by atoms with E-state index >= 15 is 0 Å². The molecule has 0 aromatic rings. The van der Waals surface area contributed by atoms with E-state index in [1.54, 1.807) is 6.42 Å². The van der Waals surface area contributed by atoms with Gasteiger partial charge in [-0.2, -0.15) is 0 Å². The number of hydrogen-bond acceptors (Lipinski definition) is 1. The van der Waals surface area contributed by atoms with Crippen LogP contribution < -0.4 is 0 Å². The van der Waals surface area contributed by atoms with Crippen LogP contribution in [-0.4, -0.2) is 5.78 Å². The SMILES string of the molecule is O=C1[C@@H]2[C@@H]3[C@H]4[C@H]5[C@H]6[C@H](C[C@@H]1[C@H]63)[C@@H]1[C@@H]3CC[C@@H]6[C@@H]3[C@H]([C@@H]15)[C@H]4[C@H]62. The second-order valence-electron chi connectivity index (χ2n) is 10.7. The molecule has 1 heteroatoms. The maximum atomic E-state index is 13.3. The Morgan fingerprint density at radius 3 is 2.05 bits per heavy atom. The fourth-order valence-corrected chi connectivity index (χ4v) is 12.7. The Morgan fingerprint density at radius 1 is 0.571 bits per heavy atom. The Morgan fingerprint density at radius 2 is 1.19 bits per heavy atom. The van der Waals surface area contributed by atoms with Crippen LogP contribution in [0, 0.1) is 94.7 Å². The molecule has 0 aliphatic heterocycles. The Balaban J connectivity index is 1.48. The van der Waals surface area contributed by atoms with Crippen molar-refractivity contribution in [1.29, 1.82) is 0 Å². The van der Waals surface area contributed by atoms with Crippen molar-refractivity contribution in [1.82, 2.24) is 0 Å². The minimum absolute atomic E-state index is 0.569. The van der Waals surface area contributed by atoms with Gasteiger partial charge in [-0.05, 0) is 102 Å². The van der Waals surface area contributed by atoms with Crippen molar-refractivity contribution in [3.63, 3.8) is 0 Å². The molecule has 9 rings (SSSR count). The van der Waals surface area contributed by atoms with Gasteiger partial charge in [-0.15, -0.1) is 0 Å². The van der Waals surface area contributed by atoms with E-state index in [4.69, 9.17) is 0 Å². The van der Waals surface area contributed by atoms with Gasteiger partial charge in [0.15, 0.2) is 0 Å². The molecule has 1 nitrogen and oxygen atoms in total. The number of fused-ring (bicyclic) bond motifs is 4. The lowest BCUT2D eigenvalue weighted by Crippen LogP contribution is -2.31. The molecule has 9 aliphatic rings. The first kappa shape index (κ1) is 9.73. The third-order valence-electron chi connectivity index (χ3n) is 11.6. The van der Waals surface area contributed by atoms with E-state index in [0.29, 0.717) is 11.8 Å². The maximum absolute atomic E-state index is 13.3. The first-order valence-corrected chi connectivity index (χ1v) is 9.91. The first-order valence-electron chi connectivity index (χ1n) is 9.91. The molecule has 0 radical (unpaired) electrons.